The number of benzene rings is 1. The molecule has 3 fully saturated rings. The van der Waals surface area contributed by atoms with E-state index < -0.39 is 0 Å². The SMILES string of the molecule is O=C(Nc1ccccc1OCC1CCCCO1)C1CC12CCNCC2. The van der Waals surface area contributed by atoms with E-state index in [2.05, 4.69) is 10.6 Å². The number of piperidine rings is 1. The molecule has 4 rings (SSSR count). The summed E-state index contributed by atoms with van der Waals surface area (Å²) >= 11 is 0. The monoisotopic (exact) mass is 344 g/mol. The number of carbonyl (C=O) groups excluding carboxylic acids is 1. The van der Waals surface area contributed by atoms with Crippen molar-refractivity contribution in [2.24, 2.45) is 11.3 Å². The molecule has 1 amide bonds. The summed E-state index contributed by atoms with van der Waals surface area (Å²) in [5.41, 5.74) is 1.03. The van der Waals surface area contributed by atoms with E-state index in [0.717, 1.165) is 63.2 Å². The van der Waals surface area contributed by atoms with Crippen LogP contribution in [0.3, 0.4) is 0 Å². The van der Waals surface area contributed by atoms with Gasteiger partial charge in [0.1, 0.15) is 12.4 Å². The van der Waals surface area contributed by atoms with Crippen LogP contribution in [-0.4, -0.2) is 38.3 Å². The number of rotatable bonds is 5. The zero-order valence-corrected chi connectivity index (χ0v) is 14.8. The first-order valence-corrected chi connectivity index (χ1v) is 9.62. The average Bonchev–Trinajstić information content (AvgIpc) is 3.35. The maximum atomic E-state index is 12.7. The van der Waals surface area contributed by atoms with Crippen molar-refractivity contribution < 1.29 is 14.3 Å². The van der Waals surface area contributed by atoms with Crippen LogP contribution in [0.1, 0.15) is 38.5 Å². The highest BCUT2D eigenvalue weighted by Gasteiger charge is 2.57. The molecule has 0 bridgehead atoms. The Balaban J connectivity index is 1.35. The van der Waals surface area contributed by atoms with E-state index in [1.165, 1.54) is 6.42 Å². The minimum absolute atomic E-state index is 0.145. The summed E-state index contributed by atoms with van der Waals surface area (Å²) in [5, 5.41) is 6.49. The molecule has 2 heterocycles. The molecule has 1 aromatic carbocycles. The van der Waals surface area contributed by atoms with Crippen LogP contribution in [0, 0.1) is 11.3 Å². The van der Waals surface area contributed by atoms with Gasteiger partial charge in [-0.25, -0.2) is 0 Å². The normalized spacial score (nSPS) is 27.7. The lowest BCUT2D eigenvalue weighted by Crippen LogP contribution is -2.31. The van der Waals surface area contributed by atoms with Gasteiger partial charge in [0.15, 0.2) is 0 Å². The Labute approximate surface area is 149 Å². The van der Waals surface area contributed by atoms with Crippen molar-refractivity contribution in [1.29, 1.82) is 0 Å². The highest BCUT2D eigenvalue weighted by atomic mass is 16.5. The molecule has 2 atom stereocenters. The van der Waals surface area contributed by atoms with Crippen LogP contribution in [0.5, 0.6) is 5.75 Å². The minimum Gasteiger partial charge on any atom is -0.489 e. The van der Waals surface area contributed by atoms with Gasteiger partial charge in [-0.15, -0.1) is 0 Å². The molecular formula is C20H28N2O3. The van der Waals surface area contributed by atoms with Crippen molar-refractivity contribution in [3.63, 3.8) is 0 Å². The fourth-order valence-corrected chi connectivity index (χ4v) is 4.23. The lowest BCUT2D eigenvalue weighted by atomic mass is 9.92. The van der Waals surface area contributed by atoms with Crippen LogP contribution in [0.25, 0.3) is 0 Å². The van der Waals surface area contributed by atoms with Crippen molar-refractivity contribution in [2.45, 2.75) is 44.6 Å². The molecule has 1 aromatic rings. The zero-order valence-electron chi connectivity index (χ0n) is 14.8. The molecule has 5 nitrogen and oxygen atoms in total. The van der Waals surface area contributed by atoms with E-state index in [4.69, 9.17) is 9.47 Å². The second-order valence-corrected chi connectivity index (χ2v) is 7.65. The van der Waals surface area contributed by atoms with Crippen LogP contribution >= 0.6 is 0 Å². The predicted octanol–water partition coefficient (Wildman–Crippen LogP) is 2.96. The smallest absolute Gasteiger partial charge is 0.228 e. The number of carbonyl (C=O) groups is 1. The summed E-state index contributed by atoms with van der Waals surface area (Å²) in [5.74, 6) is 1.04. The van der Waals surface area contributed by atoms with Gasteiger partial charge in [0, 0.05) is 12.5 Å². The summed E-state index contributed by atoms with van der Waals surface area (Å²) in [6.45, 7) is 3.44. The molecule has 25 heavy (non-hydrogen) atoms. The van der Waals surface area contributed by atoms with Gasteiger partial charge in [0.05, 0.1) is 11.8 Å². The van der Waals surface area contributed by atoms with E-state index in [0.29, 0.717) is 6.61 Å². The van der Waals surface area contributed by atoms with Crippen LogP contribution < -0.4 is 15.4 Å². The number of nitrogens with one attached hydrogen (secondary N) is 2. The molecule has 2 unspecified atom stereocenters. The molecule has 1 saturated carbocycles. The summed E-state index contributed by atoms with van der Waals surface area (Å²) in [4.78, 5) is 12.7. The molecule has 136 valence electrons. The predicted molar refractivity (Wildman–Crippen MR) is 96.8 cm³/mol. The Kier molecular flexibility index (Phi) is 4.95. The molecule has 2 aliphatic heterocycles. The third-order valence-corrected chi connectivity index (χ3v) is 5.95. The largest absolute Gasteiger partial charge is 0.489 e. The third kappa shape index (κ3) is 3.82. The second-order valence-electron chi connectivity index (χ2n) is 7.65. The first-order chi connectivity index (χ1) is 12.3. The maximum Gasteiger partial charge on any atom is 0.228 e. The number of para-hydroxylation sites is 2. The Morgan fingerprint density at radius 2 is 2.12 bits per heavy atom. The van der Waals surface area contributed by atoms with Crippen LogP contribution in [-0.2, 0) is 9.53 Å². The summed E-state index contributed by atoms with van der Waals surface area (Å²) in [6, 6.07) is 7.73. The summed E-state index contributed by atoms with van der Waals surface area (Å²) < 4.78 is 11.7. The molecule has 5 heteroatoms. The van der Waals surface area contributed by atoms with E-state index >= 15 is 0 Å². The van der Waals surface area contributed by atoms with Crippen molar-refractivity contribution in [1.82, 2.24) is 5.32 Å². The molecule has 2 N–H and O–H groups in total. The number of ether oxygens (including phenoxy) is 2. The standard InChI is InChI=1S/C20H28N2O3/c23-19(16-13-20(16)8-10-21-11-9-20)22-17-6-1-2-7-18(17)25-14-15-5-3-4-12-24-15/h1-2,6-7,15-16,21H,3-5,8-14H2,(H,22,23). The Bertz CT molecular complexity index is 607. The van der Waals surface area contributed by atoms with Crippen LogP contribution in [0.15, 0.2) is 24.3 Å². The molecule has 1 spiro atoms. The molecule has 2 saturated heterocycles. The van der Waals surface area contributed by atoms with Crippen LogP contribution in [0.4, 0.5) is 5.69 Å². The first kappa shape index (κ1) is 16.9. The Hall–Kier alpha value is -1.59. The van der Waals surface area contributed by atoms with Gasteiger partial charge in [-0.1, -0.05) is 12.1 Å². The highest BCUT2D eigenvalue weighted by molar-refractivity contribution is 5.96. The van der Waals surface area contributed by atoms with Gasteiger partial charge >= 0.3 is 0 Å². The topological polar surface area (TPSA) is 59.6 Å². The van der Waals surface area contributed by atoms with Gasteiger partial charge in [-0.2, -0.15) is 0 Å². The fraction of sp³-hybridized carbons (Fsp3) is 0.650. The van der Waals surface area contributed by atoms with Gasteiger partial charge in [-0.3, -0.25) is 4.79 Å². The lowest BCUT2D eigenvalue weighted by Gasteiger charge is -2.24. The van der Waals surface area contributed by atoms with Crippen molar-refractivity contribution in [3.8, 4) is 5.75 Å². The Morgan fingerprint density at radius 1 is 1.28 bits per heavy atom. The molecule has 1 aliphatic carbocycles. The summed E-state index contributed by atoms with van der Waals surface area (Å²) in [7, 11) is 0. The maximum absolute atomic E-state index is 12.7. The average molecular weight is 344 g/mol. The Morgan fingerprint density at radius 3 is 2.92 bits per heavy atom. The van der Waals surface area contributed by atoms with Gasteiger partial charge in [0.25, 0.3) is 0 Å². The van der Waals surface area contributed by atoms with Crippen molar-refractivity contribution in [2.75, 3.05) is 31.6 Å². The van der Waals surface area contributed by atoms with Gasteiger partial charge in [-0.05, 0) is 69.2 Å². The second kappa shape index (κ2) is 7.34. The van der Waals surface area contributed by atoms with E-state index in [-0.39, 0.29) is 23.3 Å². The minimum atomic E-state index is 0.145. The van der Waals surface area contributed by atoms with Gasteiger partial charge < -0.3 is 20.1 Å². The zero-order chi connectivity index (χ0) is 17.1. The number of amides is 1. The van der Waals surface area contributed by atoms with Crippen molar-refractivity contribution in [3.05, 3.63) is 24.3 Å². The van der Waals surface area contributed by atoms with Crippen LogP contribution in [0.2, 0.25) is 0 Å². The van der Waals surface area contributed by atoms with Gasteiger partial charge in [0.2, 0.25) is 5.91 Å². The number of hydrogen-bond acceptors (Lipinski definition) is 4. The highest BCUT2D eigenvalue weighted by Crippen LogP contribution is 2.58. The van der Waals surface area contributed by atoms with E-state index in [1.807, 2.05) is 24.3 Å². The first-order valence-electron chi connectivity index (χ1n) is 9.62. The number of anilines is 1. The fourth-order valence-electron chi connectivity index (χ4n) is 4.23. The molecule has 0 radical (unpaired) electrons. The third-order valence-electron chi connectivity index (χ3n) is 5.95. The number of hydrogen-bond donors (Lipinski definition) is 2. The molecule has 3 aliphatic rings. The van der Waals surface area contributed by atoms with E-state index in [9.17, 15) is 4.79 Å². The molecule has 0 aromatic heterocycles. The van der Waals surface area contributed by atoms with E-state index in [1.54, 1.807) is 0 Å². The molecular weight excluding hydrogens is 316 g/mol. The quantitative estimate of drug-likeness (QED) is 0.862. The summed E-state index contributed by atoms with van der Waals surface area (Å²) in [6.07, 6.45) is 6.81. The lowest BCUT2D eigenvalue weighted by molar-refractivity contribution is -0.118. The van der Waals surface area contributed by atoms with Crippen molar-refractivity contribution >= 4 is 11.6 Å².